The van der Waals surface area contributed by atoms with Crippen molar-refractivity contribution in [2.24, 2.45) is 5.41 Å². The molecule has 0 bridgehead atoms. The third kappa shape index (κ3) is 6.17. The Bertz CT molecular complexity index is 134. The highest BCUT2D eigenvalue weighted by molar-refractivity contribution is 7.64. The van der Waals surface area contributed by atoms with Gasteiger partial charge in [-0.1, -0.05) is 6.92 Å². The van der Waals surface area contributed by atoms with Crippen LogP contribution in [-0.2, 0) is 0 Å². The van der Waals surface area contributed by atoms with Crippen molar-refractivity contribution in [1.82, 2.24) is 0 Å². The van der Waals surface area contributed by atoms with E-state index >= 15 is 0 Å². The maximum atomic E-state index is 5.80. The number of hydrogen-bond donors (Lipinski definition) is 0. The molecule has 0 N–H and O–H groups in total. The van der Waals surface area contributed by atoms with Crippen molar-refractivity contribution in [3.63, 3.8) is 0 Å². The standard InChI is InChI=1S/C6H11Cl5Si/c1-6(4-8,2-3-7)5-12(9,10)11/h2-5H2,1H3. The number of hydrogen-bond acceptors (Lipinski definition) is 0. The van der Waals surface area contributed by atoms with E-state index in [9.17, 15) is 0 Å². The van der Waals surface area contributed by atoms with Gasteiger partial charge in [0.25, 0.3) is 0 Å². The van der Waals surface area contributed by atoms with E-state index in [1.807, 2.05) is 6.92 Å². The minimum absolute atomic E-state index is 0.124. The molecule has 0 aromatic carbocycles. The molecule has 1 atom stereocenters. The second-order valence-corrected chi connectivity index (χ2v) is 13.0. The lowest BCUT2D eigenvalue weighted by Crippen LogP contribution is -2.27. The zero-order valence-corrected chi connectivity index (χ0v) is 11.5. The molecule has 0 nitrogen and oxygen atoms in total. The molecule has 0 aliphatic carbocycles. The van der Waals surface area contributed by atoms with Gasteiger partial charge in [0.15, 0.2) is 0 Å². The molecular weight excluding hydrogens is 277 g/mol. The van der Waals surface area contributed by atoms with Crippen molar-refractivity contribution >= 4 is 62.4 Å². The van der Waals surface area contributed by atoms with Crippen LogP contribution in [0.4, 0.5) is 0 Å². The fourth-order valence-corrected chi connectivity index (χ4v) is 5.93. The van der Waals surface area contributed by atoms with Gasteiger partial charge in [0.05, 0.1) is 0 Å². The summed E-state index contributed by atoms with van der Waals surface area (Å²) in [7, 11) is 0. The summed E-state index contributed by atoms with van der Waals surface area (Å²) < 4.78 is 0. The predicted octanol–water partition coefficient (Wildman–Crippen LogP) is 4.52. The number of alkyl halides is 2. The van der Waals surface area contributed by atoms with Crippen LogP contribution in [0.1, 0.15) is 13.3 Å². The van der Waals surface area contributed by atoms with Gasteiger partial charge in [0.1, 0.15) is 0 Å². The molecule has 0 aromatic heterocycles. The normalized spacial score (nSPS) is 17.5. The largest absolute Gasteiger partial charge is 0.341 e. The van der Waals surface area contributed by atoms with E-state index in [-0.39, 0.29) is 5.41 Å². The Morgan fingerprint density at radius 2 is 1.67 bits per heavy atom. The summed E-state index contributed by atoms with van der Waals surface area (Å²) in [4.78, 5) is 0. The molecule has 0 fully saturated rings. The lowest BCUT2D eigenvalue weighted by atomic mass is 9.93. The molecule has 0 heterocycles. The summed E-state index contributed by atoms with van der Waals surface area (Å²) in [6, 6.07) is -2.01. The fraction of sp³-hybridized carbons (Fsp3) is 1.00. The van der Waals surface area contributed by atoms with Crippen LogP contribution in [0.15, 0.2) is 0 Å². The van der Waals surface area contributed by atoms with Crippen molar-refractivity contribution < 1.29 is 0 Å². The maximum Gasteiger partial charge on any atom is 0.341 e. The van der Waals surface area contributed by atoms with E-state index in [1.165, 1.54) is 0 Å². The van der Waals surface area contributed by atoms with Gasteiger partial charge in [-0.3, -0.25) is 0 Å². The Kier molecular flexibility index (Phi) is 6.29. The highest BCUT2D eigenvalue weighted by Gasteiger charge is 2.36. The third-order valence-electron chi connectivity index (χ3n) is 1.65. The monoisotopic (exact) mass is 286 g/mol. The Morgan fingerprint density at radius 1 is 1.17 bits per heavy atom. The van der Waals surface area contributed by atoms with Crippen molar-refractivity contribution in [3.8, 4) is 0 Å². The summed E-state index contributed by atoms with van der Waals surface area (Å²) in [5.74, 6) is 1.04. The van der Waals surface area contributed by atoms with Crippen LogP contribution in [-0.4, -0.2) is 17.8 Å². The average molecular weight is 289 g/mol. The molecule has 0 aromatic rings. The van der Waals surface area contributed by atoms with Crippen LogP contribution in [0.3, 0.4) is 0 Å². The van der Waals surface area contributed by atoms with Crippen LogP contribution in [0.5, 0.6) is 0 Å². The molecule has 0 saturated heterocycles. The second kappa shape index (κ2) is 5.52. The molecule has 1 unspecified atom stereocenters. The van der Waals surface area contributed by atoms with Gasteiger partial charge < -0.3 is 0 Å². The van der Waals surface area contributed by atoms with Gasteiger partial charge in [-0.25, -0.2) is 0 Å². The van der Waals surface area contributed by atoms with Crippen LogP contribution in [0, 0.1) is 5.41 Å². The van der Waals surface area contributed by atoms with Crippen LogP contribution >= 0.6 is 56.4 Å². The van der Waals surface area contributed by atoms with Crippen LogP contribution in [0.2, 0.25) is 6.04 Å². The van der Waals surface area contributed by atoms with Crippen molar-refractivity contribution in [2.45, 2.75) is 19.4 Å². The van der Waals surface area contributed by atoms with E-state index in [0.29, 0.717) is 17.8 Å². The Balaban J connectivity index is 4.14. The van der Waals surface area contributed by atoms with E-state index in [4.69, 9.17) is 56.4 Å². The van der Waals surface area contributed by atoms with Crippen LogP contribution < -0.4 is 0 Å². The summed E-state index contributed by atoms with van der Waals surface area (Å²) in [6.07, 6.45) is 0.791. The Morgan fingerprint density at radius 3 is 1.92 bits per heavy atom. The van der Waals surface area contributed by atoms with Gasteiger partial charge in [-0.2, -0.15) is 0 Å². The smallest absolute Gasteiger partial charge is 0.127 e. The highest BCUT2D eigenvalue weighted by Crippen LogP contribution is 2.39. The first-order chi connectivity index (χ1) is 5.33. The molecule has 0 radical (unpaired) electrons. The van der Waals surface area contributed by atoms with Gasteiger partial charge >= 0.3 is 6.00 Å². The zero-order chi connectivity index (χ0) is 9.83. The molecule has 0 rings (SSSR count). The van der Waals surface area contributed by atoms with Gasteiger partial charge in [-0.05, 0) is 17.9 Å². The quantitative estimate of drug-likeness (QED) is 0.396. The summed E-state index contributed by atoms with van der Waals surface area (Å²) >= 11 is 28.8. The topological polar surface area (TPSA) is 0 Å². The summed E-state index contributed by atoms with van der Waals surface area (Å²) in [5, 5.41) is 0. The first-order valence-electron chi connectivity index (χ1n) is 3.52. The van der Waals surface area contributed by atoms with Crippen molar-refractivity contribution in [3.05, 3.63) is 0 Å². The minimum atomic E-state index is -2.58. The van der Waals surface area contributed by atoms with Gasteiger partial charge in [-0.15, -0.1) is 56.4 Å². The lowest BCUT2D eigenvalue weighted by molar-refractivity contribution is 0.405. The molecule has 0 saturated carbocycles. The summed E-state index contributed by atoms with van der Waals surface area (Å²) in [5.41, 5.74) is -0.124. The molecule has 0 amide bonds. The zero-order valence-electron chi connectivity index (χ0n) is 6.72. The highest BCUT2D eigenvalue weighted by atomic mass is 35.8. The van der Waals surface area contributed by atoms with Crippen molar-refractivity contribution in [2.75, 3.05) is 11.8 Å². The third-order valence-corrected chi connectivity index (χ3v) is 4.94. The molecule has 6 heteroatoms. The van der Waals surface area contributed by atoms with E-state index in [2.05, 4.69) is 0 Å². The molecule has 0 spiro atoms. The lowest BCUT2D eigenvalue weighted by Gasteiger charge is -2.28. The van der Waals surface area contributed by atoms with Gasteiger partial charge in [0.2, 0.25) is 0 Å². The van der Waals surface area contributed by atoms with Crippen molar-refractivity contribution in [1.29, 1.82) is 0 Å². The average Bonchev–Trinajstić information content (AvgIpc) is 1.84. The predicted molar refractivity (Wildman–Crippen MR) is 62.3 cm³/mol. The van der Waals surface area contributed by atoms with Gasteiger partial charge in [0, 0.05) is 11.8 Å². The second-order valence-electron chi connectivity index (χ2n) is 3.18. The molecular formula is C6H11Cl5Si. The minimum Gasteiger partial charge on any atom is -0.127 e. The Labute approximate surface area is 98.6 Å². The number of rotatable bonds is 5. The fourth-order valence-electron chi connectivity index (χ4n) is 0.914. The molecule has 12 heavy (non-hydrogen) atoms. The first kappa shape index (κ1) is 13.7. The number of halogens is 5. The molecule has 0 aliphatic heterocycles. The SMILES string of the molecule is CC(CCl)(CCCl)C[Si](Cl)(Cl)Cl. The first-order valence-corrected chi connectivity index (χ1v) is 9.83. The van der Waals surface area contributed by atoms with E-state index in [0.717, 1.165) is 6.42 Å². The van der Waals surface area contributed by atoms with E-state index < -0.39 is 6.00 Å². The molecule has 0 aliphatic rings. The Hall–Kier alpha value is 1.67. The van der Waals surface area contributed by atoms with E-state index in [1.54, 1.807) is 0 Å². The van der Waals surface area contributed by atoms with Crippen LogP contribution in [0.25, 0.3) is 0 Å². The summed E-state index contributed by atoms with van der Waals surface area (Å²) in [6.45, 7) is 2.00. The molecule has 74 valence electrons. The maximum absolute atomic E-state index is 5.80.